The molecule has 0 bridgehead atoms. The average molecular weight is 945 g/mol. The van der Waals surface area contributed by atoms with E-state index < -0.39 is 0 Å². The third-order valence-corrected chi connectivity index (χ3v) is 13.9. The Kier molecular flexibility index (Phi) is 12.8. The summed E-state index contributed by atoms with van der Waals surface area (Å²) in [5.74, 6) is 0. The maximum atomic E-state index is 2.40. The first-order valence-corrected chi connectivity index (χ1v) is 25.3. The van der Waals surface area contributed by atoms with E-state index in [4.69, 9.17) is 0 Å². The number of benzene rings is 12. The second-order valence-electron chi connectivity index (χ2n) is 18.5. The highest BCUT2D eigenvalue weighted by Crippen LogP contribution is 2.47. The van der Waals surface area contributed by atoms with Crippen LogP contribution in [0.5, 0.6) is 0 Å². The number of nitrogens with zero attached hydrogens (tertiary/aromatic N) is 2. The Bertz CT molecular complexity index is 3330. The van der Waals surface area contributed by atoms with Gasteiger partial charge >= 0.3 is 0 Å². The number of rotatable bonds is 13. The molecule has 12 aromatic rings. The number of anilines is 6. The van der Waals surface area contributed by atoms with Gasteiger partial charge in [0.15, 0.2) is 0 Å². The average Bonchev–Trinajstić information content (AvgIpc) is 3.50. The molecule has 0 radical (unpaired) electrons. The van der Waals surface area contributed by atoms with Crippen LogP contribution in [0.1, 0.15) is 0 Å². The summed E-state index contributed by atoms with van der Waals surface area (Å²) in [6.07, 6.45) is 0. The van der Waals surface area contributed by atoms with Gasteiger partial charge in [0, 0.05) is 33.9 Å². The smallest absolute Gasteiger partial charge is 0.0540 e. The van der Waals surface area contributed by atoms with Gasteiger partial charge < -0.3 is 9.80 Å². The molecule has 0 N–H and O–H groups in total. The minimum atomic E-state index is 1.08. The van der Waals surface area contributed by atoms with Crippen molar-refractivity contribution in [3.8, 4) is 77.9 Å². The second-order valence-corrected chi connectivity index (χ2v) is 18.5. The maximum absolute atomic E-state index is 2.40. The van der Waals surface area contributed by atoms with Crippen LogP contribution in [0.4, 0.5) is 34.1 Å². The minimum absolute atomic E-state index is 1.08. The Labute approximate surface area is 435 Å². The SMILES string of the molecule is c1ccc(-c2ccc(N(c3ccc(-c4ccccc4)cc3)c3ccc(-c4ccc(N(c5ccc(-c6ccccc6)cc5)c5ccc(-c6ccccc6)cc5)c(-c5ccccc5)c4)cc3-c3ccccc3)cc2)cc1. The zero-order valence-electron chi connectivity index (χ0n) is 40.9. The summed E-state index contributed by atoms with van der Waals surface area (Å²) >= 11 is 0. The summed E-state index contributed by atoms with van der Waals surface area (Å²) in [5.41, 5.74) is 22.7. The van der Waals surface area contributed by atoms with Crippen molar-refractivity contribution in [3.63, 3.8) is 0 Å². The fourth-order valence-electron chi connectivity index (χ4n) is 10.1. The summed E-state index contributed by atoms with van der Waals surface area (Å²) in [5, 5.41) is 0. The van der Waals surface area contributed by atoms with E-state index in [0.29, 0.717) is 0 Å². The van der Waals surface area contributed by atoms with Crippen molar-refractivity contribution in [2.45, 2.75) is 0 Å². The molecule has 12 rings (SSSR count). The minimum Gasteiger partial charge on any atom is -0.310 e. The van der Waals surface area contributed by atoms with Crippen molar-refractivity contribution >= 4 is 34.1 Å². The van der Waals surface area contributed by atoms with Gasteiger partial charge in [-0.05, 0) is 140 Å². The molecule has 0 atom stereocenters. The molecule has 0 aliphatic heterocycles. The second kappa shape index (κ2) is 20.9. The molecule has 0 aliphatic rings. The van der Waals surface area contributed by atoms with Crippen LogP contribution in [0.2, 0.25) is 0 Å². The van der Waals surface area contributed by atoms with Crippen LogP contribution in [0, 0.1) is 0 Å². The Morgan fingerprint density at radius 2 is 0.338 bits per heavy atom. The van der Waals surface area contributed by atoms with Crippen LogP contribution in [-0.4, -0.2) is 0 Å². The Morgan fingerprint density at radius 1 is 0.149 bits per heavy atom. The molecular formula is C72H52N2. The van der Waals surface area contributed by atoms with Crippen LogP contribution in [-0.2, 0) is 0 Å². The van der Waals surface area contributed by atoms with Crippen molar-refractivity contribution in [2.75, 3.05) is 9.80 Å². The summed E-state index contributed by atoms with van der Waals surface area (Å²) in [7, 11) is 0. The van der Waals surface area contributed by atoms with Gasteiger partial charge in [-0.25, -0.2) is 0 Å². The monoisotopic (exact) mass is 944 g/mol. The lowest BCUT2D eigenvalue weighted by Crippen LogP contribution is -2.12. The molecule has 350 valence electrons. The summed E-state index contributed by atoms with van der Waals surface area (Å²) in [6, 6.07) is 114. The van der Waals surface area contributed by atoms with E-state index in [1.54, 1.807) is 0 Å². The van der Waals surface area contributed by atoms with Crippen LogP contribution in [0.3, 0.4) is 0 Å². The van der Waals surface area contributed by atoms with Gasteiger partial charge in [0.1, 0.15) is 0 Å². The van der Waals surface area contributed by atoms with Crippen LogP contribution in [0.15, 0.2) is 315 Å². The Hall–Kier alpha value is -9.76. The number of hydrogen-bond donors (Lipinski definition) is 0. The summed E-state index contributed by atoms with van der Waals surface area (Å²) < 4.78 is 0. The summed E-state index contributed by atoms with van der Waals surface area (Å²) in [6.45, 7) is 0. The fraction of sp³-hybridized carbons (Fsp3) is 0. The molecule has 2 nitrogen and oxygen atoms in total. The van der Waals surface area contributed by atoms with Gasteiger partial charge in [0.2, 0.25) is 0 Å². The number of hydrogen-bond acceptors (Lipinski definition) is 2. The van der Waals surface area contributed by atoms with Crippen molar-refractivity contribution < 1.29 is 0 Å². The topological polar surface area (TPSA) is 6.48 Å². The molecule has 0 unspecified atom stereocenters. The molecule has 0 spiro atoms. The fourth-order valence-corrected chi connectivity index (χ4v) is 10.1. The molecule has 12 aromatic carbocycles. The van der Waals surface area contributed by atoms with E-state index in [1.165, 1.54) is 44.5 Å². The zero-order valence-corrected chi connectivity index (χ0v) is 40.9. The van der Waals surface area contributed by atoms with Crippen LogP contribution < -0.4 is 9.80 Å². The van der Waals surface area contributed by atoms with E-state index in [-0.39, 0.29) is 0 Å². The molecule has 0 aromatic heterocycles. The molecule has 0 aliphatic carbocycles. The van der Waals surface area contributed by atoms with E-state index >= 15 is 0 Å². The molecule has 0 heterocycles. The van der Waals surface area contributed by atoms with Gasteiger partial charge in [0.25, 0.3) is 0 Å². The molecule has 0 fully saturated rings. The largest absolute Gasteiger partial charge is 0.310 e. The van der Waals surface area contributed by atoms with E-state index in [9.17, 15) is 0 Å². The first-order chi connectivity index (χ1) is 36.7. The van der Waals surface area contributed by atoms with Crippen molar-refractivity contribution in [3.05, 3.63) is 315 Å². The molecule has 74 heavy (non-hydrogen) atoms. The highest BCUT2D eigenvalue weighted by Gasteiger charge is 2.22. The lowest BCUT2D eigenvalue weighted by atomic mass is 9.93. The third kappa shape index (κ3) is 9.56. The van der Waals surface area contributed by atoms with Crippen molar-refractivity contribution in [2.24, 2.45) is 0 Å². The summed E-state index contributed by atoms with van der Waals surface area (Å²) in [4.78, 5) is 4.80. The Balaban J connectivity index is 0.998. The van der Waals surface area contributed by atoms with Gasteiger partial charge in [0.05, 0.1) is 11.4 Å². The van der Waals surface area contributed by atoms with E-state index in [0.717, 1.165) is 67.5 Å². The standard InChI is InChI=1S/C72H52N2/c1-7-19-53(20-8-1)57-31-41-65(42-32-57)73(66-43-33-58(34-44-66)54-21-9-2-10-22-54)71-49-39-63(51-69(71)61-27-15-5-16-28-61)64-40-50-72(70(52-64)62-29-17-6-18-30-62)74(67-45-35-59(36-46-67)55-23-11-3-12-24-55)68-47-37-60(38-48-68)56-25-13-4-14-26-56/h1-52H. The first-order valence-electron chi connectivity index (χ1n) is 25.3. The van der Waals surface area contributed by atoms with E-state index in [2.05, 4.69) is 325 Å². The predicted molar refractivity (Wildman–Crippen MR) is 314 cm³/mol. The first kappa shape index (κ1) is 45.4. The molecule has 2 heteroatoms. The van der Waals surface area contributed by atoms with Gasteiger partial charge in [-0.1, -0.05) is 243 Å². The van der Waals surface area contributed by atoms with Crippen molar-refractivity contribution in [1.29, 1.82) is 0 Å². The third-order valence-electron chi connectivity index (χ3n) is 13.9. The highest BCUT2D eigenvalue weighted by molar-refractivity contribution is 5.95. The quantitative estimate of drug-likeness (QED) is 0.114. The lowest BCUT2D eigenvalue weighted by Gasteiger charge is -2.29. The van der Waals surface area contributed by atoms with Crippen LogP contribution in [0.25, 0.3) is 77.9 Å². The zero-order chi connectivity index (χ0) is 49.5. The molecule has 0 amide bonds. The molecular weight excluding hydrogens is 893 g/mol. The maximum Gasteiger partial charge on any atom is 0.0540 e. The van der Waals surface area contributed by atoms with Gasteiger partial charge in [-0.3, -0.25) is 0 Å². The molecule has 0 saturated carbocycles. The lowest BCUT2D eigenvalue weighted by molar-refractivity contribution is 1.28. The normalized spacial score (nSPS) is 11.0. The van der Waals surface area contributed by atoms with E-state index in [1.807, 2.05) is 0 Å². The Morgan fingerprint density at radius 3 is 0.568 bits per heavy atom. The van der Waals surface area contributed by atoms with Gasteiger partial charge in [-0.2, -0.15) is 0 Å². The molecule has 0 saturated heterocycles. The highest BCUT2D eigenvalue weighted by atomic mass is 15.1. The van der Waals surface area contributed by atoms with Crippen molar-refractivity contribution in [1.82, 2.24) is 0 Å². The van der Waals surface area contributed by atoms with Crippen LogP contribution >= 0.6 is 0 Å². The van der Waals surface area contributed by atoms with Gasteiger partial charge in [-0.15, -0.1) is 0 Å². The predicted octanol–water partition coefficient (Wildman–Crippen LogP) is 20.3.